The van der Waals surface area contributed by atoms with Gasteiger partial charge in [-0.1, -0.05) is 0 Å². The molecule has 0 fully saturated rings. The lowest BCUT2D eigenvalue weighted by molar-refractivity contribution is -0.129. The Labute approximate surface area is 118 Å². The number of carbonyl (C=O) groups excluding carboxylic acids is 1. The van der Waals surface area contributed by atoms with E-state index in [1.807, 2.05) is 13.8 Å². The van der Waals surface area contributed by atoms with Gasteiger partial charge in [0.15, 0.2) is 0 Å². The van der Waals surface area contributed by atoms with Crippen LogP contribution in [0, 0.1) is 0 Å². The summed E-state index contributed by atoms with van der Waals surface area (Å²) in [5, 5.41) is 0. The van der Waals surface area contributed by atoms with E-state index in [1.165, 1.54) is 7.11 Å². The van der Waals surface area contributed by atoms with Crippen molar-refractivity contribution in [3.8, 4) is 6.01 Å². The van der Waals surface area contributed by atoms with E-state index in [2.05, 4.69) is 20.4 Å². The molecule has 0 bridgehead atoms. The lowest BCUT2D eigenvalue weighted by Gasteiger charge is -2.23. The van der Waals surface area contributed by atoms with E-state index in [-0.39, 0.29) is 24.4 Å². The molecule has 0 aliphatic heterocycles. The van der Waals surface area contributed by atoms with Crippen LogP contribution in [0.3, 0.4) is 0 Å². The number of methoxy groups -OCH3 is 1. The number of aromatic nitrogens is 3. The second-order valence-electron chi connectivity index (χ2n) is 4.01. The van der Waals surface area contributed by atoms with Crippen molar-refractivity contribution in [3.05, 3.63) is 0 Å². The topological polar surface area (TPSA) is 110 Å². The molecule has 0 aliphatic rings. The first-order valence-corrected chi connectivity index (χ1v) is 6.31. The minimum atomic E-state index is -0.000799. The van der Waals surface area contributed by atoms with E-state index >= 15 is 0 Å². The number of amides is 1. The Morgan fingerprint density at radius 2 is 1.95 bits per heavy atom. The molecule has 0 saturated carbocycles. The Hall–Kier alpha value is -2.16. The van der Waals surface area contributed by atoms with Crippen LogP contribution in [0.15, 0.2) is 0 Å². The average molecular weight is 283 g/mol. The number of likely N-dealkylation sites (N-methyl/N-ethyl adjacent to an activating group) is 2. The second kappa shape index (κ2) is 7.43. The number of ether oxygens (including phenoxy) is 1. The summed E-state index contributed by atoms with van der Waals surface area (Å²) in [6, 6.07) is 0.130. The molecule has 1 amide bonds. The van der Waals surface area contributed by atoms with Crippen LogP contribution >= 0.6 is 0 Å². The van der Waals surface area contributed by atoms with E-state index in [0.717, 1.165) is 0 Å². The molecule has 9 nitrogen and oxygen atoms in total. The average Bonchev–Trinajstić information content (AvgIpc) is 2.47. The Morgan fingerprint density at radius 3 is 2.45 bits per heavy atom. The van der Waals surface area contributed by atoms with Gasteiger partial charge in [0.2, 0.25) is 17.8 Å². The Kier molecular flexibility index (Phi) is 5.91. The van der Waals surface area contributed by atoms with Gasteiger partial charge in [-0.25, -0.2) is 5.84 Å². The van der Waals surface area contributed by atoms with Crippen LogP contribution in [0.1, 0.15) is 13.8 Å². The number of rotatable bonds is 7. The number of nitrogens with one attached hydrogen (secondary N) is 1. The van der Waals surface area contributed by atoms with Crippen molar-refractivity contribution in [2.45, 2.75) is 13.8 Å². The number of anilines is 2. The quantitative estimate of drug-likeness (QED) is 0.507. The second-order valence-corrected chi connectivity index (χ2v) is 4.01. The predicted octanol–water partition coefficient (Wildman–Crippen LogP) is -0.530. The maximum atomic E-state index is 12.0. The molecule has 3 N–H and O–H groups in total. The van der Waals surface area contributed by atoms with Gasteiger partial charge < -0.3 is 14.5 Å². The highest BCUT2D eigenvalue weighted by atomic mass is 16.5. The summed E-state index contributed by atoms with van der Waals surface area (Å²) in [7, 11) is 3.16. The molecule has 1 aromatic rings. The maximum absolute atomic E-state index is 12.0. The third-order valence-corrected chi connectivity index (χ3v) is 2.74. The summed E-state index contributed by atoms with van der Waals surface area (Å²) < 4.78 is 4.96. The lowest BCUT2D eigenvalue weighted by atomic mass is 10.4. The molecule has 0 radical (unpaired) electrons. The Morgan fingerprint density at radius 1 is 1.30 bits per heavy atom. The fourth-order valence-electron chi connectivity index (χ4n) is 1.62. The molecule has 20 heavy (non-hydrogen) atoms. The molecular weight excluding hydrogens is 262 g/mol. The fourth-order valence-corrected chi connectivity index (χ4v) is 1.62. The van der Waals surface area contributed by atoms with E-state index in [9.17, 15) is 4.79 Å². The zero-order valence-corrected chi connectivity index (χ0v) is 12.3. The van der Waals surface area contributed by atoms with Crippen LogP contribution in [0.4, 0.5) is 11.9 Å². The highest BCUT2D eigenvalue weighted by molar-refractivity contribution is 5.80. The van der Waals surface area contributed by atoms with Gasteiger partial charge in [-0.2, -0.15) is 15.0 Å². The lowest BCUT2D eigenvalue weighted by Crippen LogP contribution is -2.39. The Bertz CT molecular complexity index is 428. The summed E-state index contributed by atoms with van der Waals surface area (Å²) in [4.78, 5) is 27.4. The number of nitrogen functional groups attached to an aromatic ring is 1. The van der Waals surface area contributed by atoms with Crippen LogP contribution in [0.2, 0.25) is 0 Å². The van der Waals surface area contributed by atoms with Crippen molar-refractivity contribution in [2.24, 2.45) is 5.84 Å². The van der Waals surface area contributed by atoms with Crippen molar-refractivity contribution in [3.63, 3.8) is 0 Å². The predicted molar refractivity (Wildman–Crippen MR) is 75.4 cm³/mol. The highest BCUT2D eigenvalue weighted by Crippen LogP contribution is 2.13. The van der Waals surface area contributed by atoms with Crippen LogP contribution in [-0.4, -0.2) is 59.6 Å². The summed E-state index contributed by atoms with van der Waals surface area (Å²) in [6.45, 7) is 5.37. The van der Waals surface area contributed by atoms with Crippen molar-refractivity contribution < 1.29 is 9.53 Å². The number of carbonyl (C=O) groups is 1. The molecule has 9 heteroatoms. The largest absolute Gasteiger partial charge is 0.467 e. The molecule has 0 unspecified atom stereocenters. The van der Waals surface area contributed by atoms with E-state index in [0.29, 0.717) is 19.0 Å². The molecule has 112 valence electrons. The van der Waals surface area contributed by atoms with Gasteiger partial charge >= 0.3 is 6.01 Å². The number of hydrogen-bond donors (Lipinski definition) is 2. The molecule has 1 heterocycles. The first-order chi connectivity index (χ1) is 9.55. The molecule has 1 aromatic heterocycles. The van der Waals surface area contributed by atoms with Crippen LogP contribution in [-0.2, 0) is 4.79 Å². The van der Waals surface area contributed by atoms with E-state index in [1.54, 1.807) is 16.8 Å². The monoisotopic (exact) mass is 283 g/mol. The molecular formula is C11H21N7O2. The van der Waals surface area contributed by atoms with Crippen LogP contribution < -0.4 is 20.9 Å². The molecule has 0 spiro atoms. The van der Waals surface area contributed by atoms with Gasteiger partial charge in [0.05, 0.1) is 13.7 Å². The smallest absolute Gasteiger partial charge is 0.322 e. The third kappa shape index (κ3) is 3.92. The molecule has 0 saturated heterocycles. The first kappa shape index (κ1) is 15.9. The van der Waals surface area contributed by atoms with Crippen LogP contribution in [0.25, 0.3) is 0 Å². The van der Waals surface area contributed by atoms with E-state index < -0.39 is 0 Å². The zero-order valence-electron chi connectivity index (χ0n) is 12.3. The fraction of sp³-hybridized carbons (Fsp3) is 0.636. The minimum Gasteiger partial charge on any atom is -0.467 e. The van der Waals surface area contributed by atoms with Gasteiger partial charge in [0.25, 0.3) is 0 Å². The highest BCUT2D eigenvalue weighted by Gasteiger charge is 2.16. The zero-order chi connectivity index (χ0) is 15.1. The molecule has 0 aromatic carbocycles. The van der Waals surface area contributed by atoms with Crippen molar-refractivity contribution in [1.29, 1.82) is 0 Å². The van der Waals surface area contributed by atoms with Gasteiger partial charge in [0.1, 0.15) is 0 Å². The Balaban J connectivity index is 2.86. The number of hydrazine groups is 1. The standard InChI is InChI=1S/C11H21N7O2/c1-5-18(6-2)8(19)7-17(3)10-13-9(16-12)14-11(15-10)20-4/h5-7,12H2,1-4H3,(H,13,14,15,16). The van der Waals surface area contributed by atoms with Gasteiger partial charge in [0, 0.05) is 20.1 Å². The maximum Gasteiger partial charge on any atom is 0.322 e. The van der Waals surface area contributed by atoms with Crippen molar-refractivity contribution in [2.75, 3.05) is 44.1 Å². The third-order valence-electron chi connectivity index (χ3n) is 2.74. The minimum absolute atomic E-state index is 0.000799. The number of hydrogen-bond acceptors (Lipinski definition) is 8. The first-order valence-electron chi connectivity index (χ1n) is 6.31. The SMILES string of the molecule is CCN(CC)C(=O)CN(C)c1nc(NN)nc(OC)n1. The number of nitrogens with zero attached hydrogens (tertiary/aromatic N) is 5. The summed E-state index contributed by atoms with van der Waals surface area (Å²) in [5.74, 6) is 5.77. The summed E-state index contributed by atoms with van der Waals surface area (Å²) >= 11 is 0. The molecule has 0 atom stereocenters. The van der Waals surface area contributed by atoms with Crippen molar-refractivity contribution in [1.82, 2.24) is 19.9 Å². The van der Waals surface area contributed by atoms with E-state index in [4.69, 9.17) is 10.6 Å². The normalized spacial score (nSPS) is 10.1. The molecule has 1 rings (SSSR count). The van der Waals surface area contributed by atoms with Gasteiger partial charge in [-0.15, -0.1) is 0 Å². The van der Waals surface area contributed by atoms with Gasteiger partial charge in [-0.05, 0) is 13.8 Å². The molecule has 0 aliphatic carbocycles. The number of nitrogens with two attached hydrogens (primary N) is 1. The summed E-state index contributed by atoms with van der Waals surface area (Å²) in [6.07, 6.45) is 0. The van der Waals surface area contributed by atoms with Crippen LogP contribution in [0.5, 0.6) is 6.01 Å². The summed E-state index contributed by atoms with van der Waals surface area (Å²) in [5.41, 5.74) is 2.33. The van der Waals surface area contributed by atoms with Crippen molar-refractivity contribution >= 4 is 17.8 Å². The van der Waals surface area contributed by atoms with Gasteiger partial charge in [-0.3, -0.25) is 10.2 Å².